The number of carbonyl (C=O) groups excluding carboxylic acids is 2. The highest BCUT2D eigenvalue weighted by molar-refractivity contribution is 7.47. The van der Waals surface area contributed by atoms with Crippen LogP contribution in [0.5, 0.6) is 0 Å². The Kier molecular flexibility index (Phi) is 36.7. The molecule has 0 rings (SSSR count). The third kappa shape index (κ3) is 40.8. The van der Waals surface area contributed by atoms with E-state index >= 15 is 0 Å². The minimum absolute atomic E-state index is 0.0857. The maximum atomic E-state index is 12.6. The molecule has 5 N–H and O–H groups in total. The molecule has 14 nitrogen and oxygen atoms in total. The van der Waals surface area contributed by atoms with E-state index in [1.54, 1.807) is 6.08 Å². The van der Waals surface area contributed by atoms with E-state index in [0.29, 0.717) is 32.1 Å². The summed E-state index contributed by atoms with van der Waals surface area (Å²) in [6.07, 6.45) is 34.2. The molecule has 0 aliphatic heterocycles. The van der Waals surface area contributed by atoms with Gasteiger partial charge in [0, 0.05) is 12.8 Å². The maximum Gasteiger partial charge on any atom is 0.472 e. The first-order valence-corrected chi connectivity index (χ1v) is 24.5. The summed E-state index contributed by atoms with van der Waals surface area (Å²) in [6.45, 7) is 1.58. The van der Waals surface area contributed by atoms with Crippen LogP contribution in [-0.4, -0.2) is 81.6 Å². The lowest BCUT2D eigenvalue weighted by atomic mass is 10.0. The molecule has 16 heteroatoms. The van der Waals surface area contributed by atoms with Crippen LogP contribution in [0.1, 0.15) is 162 Å². The van der Waals surface area contributed by atoms with Gasteiger partial charge in [0.15, 0.2) is 6.10 Å². The highest BCUT2D eigenvalue weighted by Gasteiger charge is 2.28. The summed E-state index contributed by atoms with van der Waals surface area (Å²) in [5.41, 5.74) is 0. The number of esters is 2. The van der Waals surface area contributed by atoms with Gasteiger partial charge >= 0.3 is 27.6 Å². The number of hydrogen-bond donors (Lipinski definition) is 5. The van der Waals surface area contributed by atoms with E-state index in [4.69, 9.17) is 23.8 Å². The standard InChI is InChI=1S/C42H76O14P2/c1-3-5-7-9-11-12-13-14-15-16-20-25-29-33-42(46)56-40(37-55-58(50,51)54-35-39(44)34-53-57(47,48)49)36-52-41(45)32-28-24-21-17-19-23-27-31-38(43)30-26-22-18-10-8-6-4-2/h17-18,21-23,26-27,30,38-40,43-44H,3-16,19-20,24-25,28-29,31-37H2,1-2H3,(H,50,51)(H2,47,48,49)/b21-17+,22-18-,27-23-,30-26-/t38-,39+,40-/m1/s1. The smallest absolute Gasteiger partial charge is 0.462 e. The monoisotopic (exact) mass is 866 g/mol. The van der Waals surface area contributed by atoms with Crippen LogP contribution in [0.4, 0.5) is 0 Å². The molecule has 0 aliphatic rings. The first kappa shape index (κ1) is 56.0. The molecule has 0 aromatic carbocycles. The summed E-state index contributed by atoms with van der Waals surface area (Å²) < 4.78 is 47.6. The van der Waals surface area contributed by atoms with Crippen LogP contribution < -0.4 is 0 Å². The number of carbonyl (C=O) groups is 2. The fourth-order valence-electron chi connectivity index (χ4n) is 5.48. The van der Waals surface area contributed by atoms with Crippen molar-refractivity contribution in [1.29, 1.82) is 0 Å². The molecule has 0 saturated carbocycles. The molecule has 0 spiro atoms. The number of unbranched alkanes of at least 4 members (excludes halogenated alkanes) is 16. The fraction of sp³-hybridized carbons (Fsp3) is 0.762. The van der Waals surface area contributed by atoms with Crippen LogP contribution in [0.2, 0.25) is 0 Å². The molecular formula is C42H76O14P2. The summed E-state index contributed by atoms with van der Waals surface area (Å²) in [7, 11) is -9.70. The third-order valence-electron chi connectivity index (χ3n) is 8.79. The summed E-state index contributed by atoms with van der Waals surface area (Å²) >= 11 is 0. The Bertz CT molecular complexity index is 1230. The van der Waals surface area contributed by atoms with Crippen molar-refractivity contribution in [3.05, 3.63) is 48.6 Å². The summed E-state index contributed by atoms with van der Waals surface area (Å²) in [5.74, 6) is -1.14. The summed E-state index contributed by atoms with van der Waals surface area (Å²) in [5, 5.41) is 19.8. The minimum atomic E-state index is -4.87. The van der Waals surface area contributed by atoms with Gasteiger partial charge in [-0.2, -0.15) is 0 Å². The maximum absolute atomic E-state index is 12.6. The highest BCUT2D eigenvalue weighted by atomic mass is 31.2. The molecule has 0 fully saturated rings. The van der Waals surface area contributed by atoms with Crippen LogP contribution in [0.15, 0.2) is 48.6 Å². The third-order valence-corrected chi connectivity index (χ3v) is 10.2. The van der Waals surface area contributed by atoms with Gasteiger partial charge in [0.25, 0.3) is 0 Å². The molecule has 0 heterocycles. The molecule has 0 aromatic rings. The van der Waals surface area contributed by atoms with Gasteiger partial charge in [-0.05, 0) is 44.9 Å². The number of allylic oxidation sites excluding steroid dienone is 6. The van der Waals surface area contributed by atoms with Gasteiger partial charge in [0.2, 0.25) is 0 Å². The van der Waals surface area contributed by atoms with Crippen LogP contribution in [-0.2, 0) is 41.8 Å². The van der Waals surface area contributed by atoms with E-state index in [1.165, 1.54) is 70.6 Å². The molecule has 0 radical (unpaired) electrons. The largest absolute Gasteiger partial charge is 0.472 e. The first-order valence-electron chi connectivity index (χ1n) is 21.4. The summed E-state index contributed by atoms with van der Waals surface area (Å²) in [4.78, 5) is 52.6. The van der Waals surface area contributed by atoms with E-state index in [9.17, 15) is 33.8 Å². The second-order valence-electron chi connectivity index (χ2n) is 14.5. The quantitative estimate of drug-likeness (QED) is 0.0127. The van der Waals surface area contributed by atoms with E-state index in [1.807, 2.05) is 36.5 Å². The van der Waals surface area contributed by atoms with Gasteiger partial charge in [-0.25, -0.2) is 9.13 Å². The number of phosphoric acid groups is 2. The van der Waals surface area contributed by atoms with Crippen molar-refractivity contribution in [2.75, 3.05) is 26.4 Å². The van der Waals surface area contributed by atoms with Crippen molar-refractivity contribution in [2.24, 2.45) is 0 Å². The average molecular weight is 867 g/mol. The Morgan fingerprint density at radius 2 is 1.10 bits per heavy atom. The lowest BCUT2D eigenvalue weighted by molar-refractivity contribution is -0.161. The Morgan fingerprint density at radius 3 is 1.74 bits per heavy atom. The van der Waals surface area contributed by atoms with Crippen molar-refractivity contribution in [3.63, 3.8) is 0 Å². The predicted molar refractivity (Wildman–Crippen MR) is 227 cm³/mol. The van der Waals surface area contributed by atoms with Gasteiger partial charge < -0.3 is 34.4 Å². The van der Waals surface area contributed by atoms with Gasteiger partial charge in [-0.3, -0.25) is 23.2 Å². The molecule has 0 aromatic heterocycles. The van der Waals surface area contributed by atoms with Crippen molar-refractivity contribution in [3.8, 4) is 0 Å². The van der Waals surface area contributed by atoms with Crippen molar-refractivity contribution in [2.45, 2.75) is 180 Å². The molecule has 338 valence electrons. The fourth-order valence-corrected chi connectivity index (χ4v) is 6.63. The number of aliphatic hydroxyl groups is 2. The first-order chi connectivity index (χ1) is 27.8. The number of phosphoric ester groups is 2. The van der Waals surface area contributed by atoms with E-state index in [-0.39, 0.29) is 12.8 Å². The molecule has 58 heavy (non-hydrogen) atoms. The average Bonchev–Trinajstić information content (AvgIpc) is 3.17. The number of aliphatic hydroxyl groups excluding tert-OH is 2. The van der Waals surface area contributed by atoms with E-state index < -0.39 is 72.3 Å². The van der Waals surface area contributed by atoms with Crippen LogP contribution in [0.25, 0.3) is 0 Å². The molecule has 0 bridgehead atoms. The van der Waals surface area contributed by atoms with Gasteiger partial charge in [-0.15, -0.1) is 0 Å². The molecule has 4 atom stereocenters. The molecule has 0 saturated heterocycles. The van der Waals surface area contributed by atoms with Crippen LogP contribution in [0, 0.1) is 0 Å². The minimum Gasteiger partial charge on any atom is -0.462 e. The Hall–Kier alpha value is -1.96. The summed E-state index contributed by atoms with van der Waals surface area (Å²) in [6, 6.07) is 0. The highest BCUT2D eigenvalue weighted by Crippen LogP contribution is 2.43. The number of ether oxygens (including phenoxy) is 2. The van der Waals surface area contributed by atoms with E-state index in [2.05, 4.69) is 29.0 Å². The predicted octanol–water partition coefficient (Wildman–Crippen LogP) is 9.64. The zero-order valence-electron chi connectivity index (χ0n) is 35.2. The van der Waals surface area contributed by atoms with Crippen LogP contribution >= 0.6 is 15.6 Å². The number of hydrogen-bond acceptors (Lipinski definition) is 11. The van der Waals surface area contributed by atoms with Crippen molar-refractivity contribution < 1.29 is 66.7 Å². The second kappa shape index (κ2) is 38.0. The normalized spacial score (nSPS) is 15.1. The Labute approximate surface area is 348 Å². The van der Waals surface area contributed by atoms with Crippen LogP contribution in [0.3, 0.4) is 0 Å². The van der Waals surface area contributed by atoms with Crippen molar-refractivity contribution in [1.82, 2.24) is 0 Å². The lowest BCUT2D eigenvalue weighted by Crippen LogP contribution is -2.30. The zero-order valence-corrected chi connectivity index (χ0v) is 37.0. The second-order valence-corrected chi connectivity index (χ2v) is 17.2. The Balaban J connectivity index is 4.66. The number of rotatable bonds is 40. The molecule has 0 amide bonds. The van der Waals surface area contributed by atoms with Crippen molar-refractivity contribution >= 4 is 27.6 Å². The Morgan fingerprint density at radius 1 is 0.569 bits per heavy atom. The van der Waals surface area contributed by atoms with Gasteiger partial charge in [-0.1, -0.05) is 152 Å². The molecular weight excluding hydrogens is 790 g/mol. The van der Waals surface area contributed by atoms with Gasteiger partial charge in [0.1, 0.15) is 12.7 Å². The van der Waals surface area contributed by atoms with E-state index in [0.717, 1.165) is 32.1 Å². The SMILES string of the molecule is CCCCC/C=C\C=C/[C@@H](O)C/C=C\C/C=C/CCCC(=O)OC[C@H](COP(=O)(O)OC[C@@H](O)COP(=O)(O)O)OC(=O)CCCCCCCCCCCCCCC. The zero-order chi connectivity index (χ0) is 43.2. The molecule has 1 unspecified atom stereocenters. The topological polar surface area (TPSA) is 216 Å². The molecule has 0 aliphatic carbocycles. The van der Waals surface area contributed by atoms with Gasteiger partial charge in [0.05, 0.1) is 25.9 Å². The lowest BCUT2D eigenvalue weighted by Gasteiger charge is -2.20.